The Morgan fingerprint density at radius 3 is 2.33 bits per heavy atom. The van der Waals surface area contributed by atoms with Crippen LogP contribution in [0.15, 0.2) is 67.0 Å². The van der Waals surface area contributed by atoms with Gasteiger partial charge in [0.05, 0.1) is 11.6 Å². The van der Waals surface area contributed by atoms with Crippen LogP contribution >= 0.6 is 0 Å². The zero-order chi connectivity index (χ0) is 16.8. The molecule has 1 N–H and O–H groups in total. The standard InChI is InChI=1S/C19H15FN4/c20-17-10-8-16(9-11-17)18(2-1-3-19-22-13-23-24-19)15-6-4-14(12-21)5-7-15/h1-2,4-11,13,18H,3H2,(H,22,23,24). The van der Waals surface area contributed by atoms with Gasteiger partial charge in [0.25, 0.3) is 0 Å². The van der Waals surface area contributed by atoms with Crippen LogP contribution in [0.25, 0.3) is 0 Å². The number of nitrogens with one attached hydrogen (secondary N) is 1. The van der Waals surface area contributed by atoms with Gasteiger partial charge in [0.2, 0.25) is 0 Å². The van der Waals surface area contributed by atoms with Crippen molar-refractivity contribution in [2.45, 2.75) is 12.3 Å². The molecule has 0 radical (unpaired) electrons. The van der Waals surface area contributed by atoms with Crippen molar-refractivity contribution in [1.82, 2.24) is 15.2 Å². The van der Waals surface area contributed by atoms with Gasteiger partial charge < -0.3 is 0 Å². The first-order valence-corrected chi connectivity index (χ1v) is 7.52. The fourth-order valence-electron chi connectivity index (χ4n) is 2.49. The van der Waals surface area contributed by atoms with E-state index in [1.165, 1.54) is 18.5 Å². The van der Waals surface area contributed by atoms with Crippen LogP contribution in [0.1, 0.15) is 28.4 Å². The van der Waals surface area contributed by atoms with Crippen molar-refractivity contribution in [1.29, 1.82) is 5.26 Å². The SMILES string of the molecule is N#Cc1ccc(C(C=CCc2ncn[nH]2)c2ccc(F)cc2)cc1. The summed E-state index contributed by atoms with van der Waals surface area (Å²) in [7, 11) is 0. The largest absolute Gasteiger partial charge is 0.263 e. The molecule has 0 saturated heterocycles. The lowest BCUT2D eigenvalue weighted by atomic mass is 9.90. The molecular formula is C19H15FN4. The normalized spacial score (nSPS) is 12.2. The number of hydrogen-bond acceptors (Lipinski definition) is 3. The number of aromatic nitrogens is 3. The maximum atomic E-state index is 13.2. The van der Waals surface area contributed by atoms with Gasteiger partial charge in [0, 0.05) is 12.3 Å². The highest BCUT2D eigenvalue weighted by Gasteiger charge is 2.11. The molecule has 0 aliphatic carbocycles. The molecule has 3 aromatic rings. The van der Waals surface area contributed by atoms with E-state index in [2.05, 4.69) is 27.3 Å². The van der Waals surface area contributed by atoms with Crippen molar-refractivity contribution in [3.05, 3.63) is 95.3 Å². The molecule has 0 spiro atoms. The highest BCUT2D eigenvalue weighted by molar-refractivity contribution is 5.40. The molecule has 1 aromatic heterocycles. The van der Waals surface area contributed by atoms with Crippen LogP contribution in [-0.4, -0.2) is 15.2 Å². The average molecular weight is 318 g/mol. The van der Waals surface area contributed by atoms with Crippen molar-refractivity contribution in [2.75, 3.05) is 0 Å². The lowest BCUT2D eigenvalue weighted by Gasteiger charge is -2.14. The summed E-state index contributed by atoms with van der Waals surface area (Å²) >= 11 is 0. The van der Waals surface area contributed by atoms with E-state index in [9.17, 15) is 4.39 Å². The molecule has 0 fully saturated rings. The van der Waals surface area contributed by atoms with E-state index in [1.54, 1.807) is 24.3 Å². The number of allylic oxidation sites excluding steroid dienone is 2. The molecule has 0 saturated carbocycles. The van der Waals surface area contributed by atoms with Crippen molar-refractivity contribution in [3.63, 3.8) is 0 Å². The van der Waals surface area contributed by atoms with Gasteiger partial charge >= 0.3 is 0 Å². The van der Waals surface area contributed by atoms with Gasteiger partial charge in [-0.05, 0) is 35.4 Å². The minimum atomic E-state index is -0.261. The Morgan fingerprint density at radius 1 is 1.08 bits per heavy atom. The molecule has 5 heteroatoms. The molecular weight excluding hydrogens is 303 g/mol. The van der Waals surface area contributed by atoms with Crippen LogP contribution in [0.4, 0.5) is 4.39 Å². The second kappa shape index (κ2) is 7.34. The summed E-state index contributed by atoms with van der Waals surface area (Å²) in [6, 6.07) is 16.0. The van der Waals surface area contributed by atoms with Crippen molar-refractivity contribution in [3.8, 4) is 6.07 Å². The first kappa shape index (κ1) is 15.6. The maximum Gasteiger partial charge on any atom is 0.137 e. The maximum absolute atomic E-state index is 13.2. The van der Waals surface area contributed by atoms with Gasteiger partial charge in [0.15, 0.2) is 0 Å². The number of H-pyrrole nitrogens is 1. The smallest absolute Gasteiger partial charge is 0.137 e. The summed E-state index contributed by atoms with van der Waals surface area (Å²) in [4.78, 5) is 4.09. The quantitative estimate of drug-likeness (QED) is 0.729. The lowest BCUT2D eigenvalue weighted by Crippen LogP contribution is -1.99. The molecule has 118 valence electrons. The highest BCUT2D eigenvalue weighted by Crippen LogP contribution is 2.26. The van der Waals surface area contributed by atoms with E-state index in [1.807, 2.05) is 18.2 Å². The summed E-state index contributed by atoms with van der Waals surface area (Å²) < 4.78 is 13.2. The van der Waals surface area contributed by atoms with Crippen LogP contribution in [0.2, 0.25) is 0 Å². The fraction of sp³-hybridized carbons (Fsp3) is 0.105. The van der Waals surface area contributed by atoms with Crippen LogP contribution in [0.5, 0.6) is 0 Å². The molecule has 0 amide bonds. The van der Waals surface area contributed by atoms with E-state index >= 15 is 0 Å². The number of halogens is 1. The molecule has 2 aromatic carbocycles. The molecule has 1 unspecified atom stereocenters. The first-order valence-electron chi connectivity index (χ1n) is 7.52. The van der Waals surface area contributed by atoms with Crippen molar-refractivity contribution < 1.29 is 4.39 Å². The van der Waals surface area contributed by atoms with Gasteiger partial charge in [-0.3, -0.25) is 5.10 Å². The predicted molar refractivity (Wildman–Crippen MR) is 88.6 cm³/mol. The molecule has 24 heavy (non-hydrogen) atoms. The van der Waals surface area contributed by atoms with Gasteiger partial charge in [-0.1, -0.05) is 36.4 Å². The number of aromatic amines is 1. The Hall–Kier alpha value is -3.26. The second-order valence-corrected chi connectivity index (χ2v) is 5.33. The Kier molecular flexibility index (Phi) is 4.78. The molecule has 4 nitrogen and oxygen atoms in total. The van der Waals surface area contributed by atoms with E-state index in [-0.39, 0.29) is 11.7 Å². The Morgan fingerprint density at radius 2 is 1.75 bits per heavy atom. The zero-order valence-corrected chi connectivity index (χ0v) is 12.9. The molecule has 1 atom stereocenters. The number of nitrogens with zero attached hydrogens (tertiary/aromatic N) is 3. The summed E-state index contributed by atoms with van der Waals surface area (Å²) in [5.41, 5.74) is 2.63. The average Bonchev–Trinajstić information content (AvgIpc) is 3.13. The first-order chi connectivity index (χ1) is 11.8. The molecule has 0 aliphatic rings. The van der Waals surface area contributed by atoms with E-state index < -0.39 is 0 Å². The van der Waals surface area contributed by atoms with Crippen molar-refractivity contribution in [2.24, 2.45) is 0 Å². The molecule has 0 aliphatic heterocycles. The zero-order valence-electron chi connectivity index (χ0n) is 12.9. The Balaban J connectivity index is 1.89. The Bertz CT molecular complexity index is 844. The molecule has 0 bridgehead atoms. The van der Waals surface area contributed by atoms with Crippen molar-refractivity contribution >= 4 is 0 Å². The highest BCUT2D eigenvalue weighted by atomic mass is 19.1. The summed E-state index contributed by atoms with van der Waals surface area (Å²) in [5.74, 6) is 0.494. The van der Waals surface area contributed by atoms with Gasteiger partial charge in [-0.25, -0.2) is 9.37 Å². The molecule has 3 rings (SSSR count). The van der Waals surface area contributed by atoms with Crippen LogP contribution < -0.4 is 0 Å². The van der Waals surface area contributed by atoms with Crippen LogP contribution in [0.3, 0.4) is 0 Å². The number of benzene rings is 2. The number of nitriles is 1. The van der Waals surface area contributed by atoms with Gasteiger partial charge in [-0.15, -0.1) is 0 Å². The van der Waals surface area contributed by atoms with Crippen LogP contribution in [0, 0.1) is 17.1 Å². The number of rotatable bonds is 5. The summed E-state index contributed by atoms with van der Waals surface area (Å²) in [5, 5.41) is 15.6. The Labute approximate surface area is 139 Å². The minimum absolute atomic E-state index is 0.0266. The third kappa shape index (κ3) is 3.73. The van der Waals surface area contributed by atoms with Gasteiger partial charge in [0.1, 0.15) is 18.0 Å². The van der Waals surface area contributed by atoms with E-state index in [0.29, 0.717) is 12.0 Å². The topological polar surface area (TPSA) is 65.4 Å². The third-order valence-electron chi connectivity index (χ3n) is 3.73. The predicted octanol–water partition coefficient (Wildman–Crippen LogP) is 3.75. The fourth-order valence-corrected chi connectivity index (χ4v) is 2.49. The second-order valence-electron chi connectivity index (χ2n) is 5.33. The van der Waals surface area contributed by atoms with E-state index in [4.69, 9.17) is 5.26 Å². The molecule has 1 heterocycles. The lowest BCUT2D eigenvalue weighted by molar-refractivity contribution is 0.627. The van der Waals surface area contributed by atoms with Gasteiger partial charge in [-0.2, -0.15) is 10.4 Å². The summed E-state index contributed by atoms with van der Waals surface area (Å²) in [6.45, 7) is 0. The van der Waals surface area contributed by atoms with E-state index in [0.717, 1.165) is 17.0 Å². The third-order valence-corrected chi connectivity index (χ3v) is 3.73. The monoisotopic (exact) mass is 318 g/mol. The number of hydrogen-bond donors (Lipinski definition) is 1. The van der Waals surface area contributed by atoms with Crippen LogP contribution in [-0.2, 0) is 6.42 Å². The minimum Gasteiger partial charge on any atom is -0.263 e. The summed E-state index contributed by atoms with van der Waals surface area (Å²) in [6.07, 6.45) is 6.17.